The van der Waals surface area contributed by atoms with E-state index in [0.717, 1.165) is 0 Å². The second kappa shape index (κ2) is 5.09. The lowest BCUT2D eigenvalue weighted by Crippen LogP contribution is -2.43. The minimum atomic E-state index is -0.917. The molecule has 2 rings (SSSR count). The van der Waals surface area contributed by atoms with Crippen molar-refractivity contribution in [2.24, 2.45) is 0 Å². The topological polar surface area (TPSA) is 80.4 Å². The number of rotatable bonds is 3. The number of aliphatic hydroxyl groups is 1. The van der Waals surface area contributed by atoms with Gasteiger partial charge in [-0.1, -0.05) is 23.2 Å². The van der Waals surface area contributed by atoms with Crippen LogP contribution < -0.4 is 11.1 Å². The van der Waals surface area contributed by atoms with Crippen LogP contribution in [0, 0.1) is 0 Å². The fourth-order valence-electron chi connectivity index (χ4n) is 1.84. The largest absolute Gasteiger partial charge is 0.385 e. The van der Waals surface area contributed by atoms with Crippen LogP contribution >= 0.6 is 23.2 Å². The molecule has 1 saturated heterocycles. The van der Waals surface area contributed by atoms with Crippen LogP contribution in [0.15, 0.2) is 6.07 Å². The Morgan fingerprint density at radius 2 is 2.33 bits per heavy atom. The van der Waals surface area contributed by atoms with Crippen molar-refractivity contribution in [3.8, 4) is 0 Å². The smallest absolute Gasteiger partial charge is 0.147 e. The highest BCUT2D eigenvalue weighted by molar-refractivity contribution is 6.37. The third kappa shape index (κ3) is 2.64. The fraction of sp³-hybridized carbons (Fsp3) is 0.545. The lowest BCUT2D eigenvalue weighted by Gasteiger charge is -2.26. The molecule has 1 aliphatic heterocycles. The molecule has 0 amide bonds. The van der Waals surface area contributed by atoms with Gasteiger partial charge in [0.1, 0.15) is 17.2 Å². The minimum absolute atomic E-state index is 0.200. The minimum Gasteiger partial charge on any atom is -0.385 e. The Morgan fingerprint density at radius 1 is 1.61 bits per heavy atom. The molecule has 0 aliphatic carbocycles. The summed E-state index contributed by atoms with van der Waals surface area (Å²) in [5, 5.41) is 14.0. The highest BCUT2D eigenvalue weighted by Gasteiger charge is 2.39. The summed E-state index contributed by atoms with van der Waals surface area (Å²) in [5.74, 6) is 0.609. The van der Waals surface area contributed by atoms with Gasteiger partial charge in [0.2, 0.25) is 0 Å². The van der Waals surface area contributed by atoms with E-state index >= 15 is 0 Å². The molecule has 100 valence electrons. The molecule has 1 aromatic rings. The second-order valence-corrected chi connectivity index (χ2v) is 5.22. The summed E-state index contributed by atoms with van der Waals surface area (Å²) in [6.07, 6.45) is 0.343. The molecule has 1 aliphatic rings. The number of nitrogens with zero attached hydrogens (tertiary/aromatic N) is 1. The van der Waals surface area contributed by atoms with Crippen LogP contribution in [-0.4, -0.2) is 34.9 Å². The van der Waals surface area contributed by atoms with Gasteiger partial charge in [0, 0.05) is 19.6 Å². The molecule has 0 bridgehead atoms. The van der Waals surface area contributed by atoms with Gasteiger partial charge in [-0.25, -0.2) is 4.98 Å². The standard InChI is InChI=1S/C11H15Cl2N3O2/c1-6-11(17,2-3-18-6)5-15-10-8(13)4-7(12)9(14)16-10/h4,6,17H,2-3,5H2,1H3,(H3,14,15,16). The maximum absolute atomic E-state index is 10.3. The first-order valence-corrected chi connectivity index (χ1v) is 6.37. The maximum Gasteiger partial charge on any atom is 0.147 e. The summed E-state index contributed by atoms with van der Waals surface area (Å²) >= 11 is 11.8. The monoisotopic (exact) mass is 291 g/mol. The van der Waals surface area contributed by atoms with Crippen LogP contribution in [0.3, 0.4) is 0 Å². The molecular weight excluding hydrogens is 277 g/mol. The molecule has 4 N–H and O–H groups in total. The SMILES string of the molecule is CC1OCCC1(O)CNc1nc(N)c(Cl)cc1Cl. The van der Waals surface area contributed by atoms with Gasteiger partial charge >= 0.3 is 0 Å². The van der Waals surface area contributed by atoms with Crippen molar-refractivity contribution in [2.45, 2.75) is 25.0 Å². The zero-order chi connectivity index (χ0) is 13.3. The van der Waals surface area contributed by atoms with Crippen molar-refractivity contribution in [1.82, 2.24) is 4.98 Å². The van der Waals surface area contributed by atoms with E-state index in [1.54, 1.807) is 0 Å². The van der Waals surface area contributed by atoms with E-state index in [0.29, 0.717) is 35.4 Å². The Kier molecular flexibility index (Phi) is 3.87. The number of hydrogen-bond donors (Lipinski definition) is 3. The predicted molar refractivity (Wildman–Crippen MR) is 72.1 cm³/mol. The predicted octanol–water partition coefficient (Wildman–Crippen LogP) is 1.92. The average molecular weight is 292 g/mol. The van der Waals surface area contributed by atoms with Crippen LogP contribution in [0.5, 0.6) is 0 Å². The number of aromatic nitrogens is 1. The van der Waals surface area contributed by atoms with Crippen molar-refractivity contribution in [1.29, 1.82) is 0 Å². The van der Waals surface area contributed by atoms with E-state index in [-0.39, 0.29) is 11.9 Å². The molecular formula is C11H15Cl2N3O2. The number of pyridine rings is 1. The van der Waals surface area contributed by atoms with Gasteiger partial charge in [-0.05, 0) is 13.0 Å². The zero-order valence-corrected chi connectivity index (χ0v) is 11.4. The highest BCUT2D eigenvalue weighted by Crippen LogP contribution is 2.30. The lowest BCUT2D eigenvalue weighted by atomic mass is 9.97. The maximum atomic E-state index is 10.3. The van der Waals surface area contributed by atoms with Gasteiger partial charge in [-0.2, -0.15) is 0 Å². The summed E-state index contributed by atoms with van der Waals surface area (Å²) in [6.45, 7) is 2.67. The summed E-state index contributed by atoms with van der Waals surface area (Å²) < 4.78 is 5.34. The number of halogens is 2. The Bertz CT molecular complexity index is 458. The Hall–Kier alpha value is -0.750. The van der Waals surface area contributed by atoms with Crippen molar-refractivity contribution in [3.05, 3.63) is 16.1 Å². The number of nitrogens with one attached hydrogen (secondary N) is 1. The van der Waals surface area contributed by atoms with E-state index in [4.69, 9.17) is 33.7 Å². The molecule has 5 nitrogen and oxygen atoms in total. The number of ether oxygens (including phenoxy) is 1. The van der Waals surface area contributed by atoms with Crippen molar-refractivity contribution in [3.63, 3.8) is 0 Å². The quantitative estimate of drug-likeness (QED) is 0.793. The van der Waals surface area contributed by atoms with E-state index < -0.39 is 5.60 Å². The third-order valence-corrected chi connectivity index (χ3v) is 3.77. The molecule has 0 spiro atoms. The molecule has 0 radical (unpaired) electrons. The number of hydrogen-bond acceptors (Lipinski definition) is 5. The van der Waals surface area contributed by atoms with Crippen LogP contribution in [0.2, 0.25) is 10.0 Å². The van der Waals surface area contributed by atoms with Crippen molar-refractivity contribution < 1.29 is 9.84 Å². The Labute approximate surface area is 115 Å². The summed E-state index contributed by atoms with van der Waals surface area (Å²) in [7, 11) is 0. The molecule has 18 heavy (non-hydrogen) atoms. The first-order chi connectivity index (χ1) is 8.42. The lowest BCUT2D eigenvalue weighted by molar-refractivity contribution is -0.0176. The molecule has 0 saturated carbocycles. The van der Waals surface area contributed by atoms with Gasteiger partial charge in [-0.3, -0.25) is 0 Å². The van der Waals surface area contributed by atoms with Crippen LogP contribution in [0.25, 0.3) is 0 Å². The highest BCUT2D eigenvalue weighted by atomic mass is 35.5. The van der Waals surface area contributed by atoms with Crippen LogP contribution in [-0.2, 0) is 4.74 Å². The van der Waals surface area contributed by atoms with Crippen LogP contribution in [0.4, 0.5) is 11.6 Å². The van der Waals surface area contributed by atoms with Gasteiger partial charge in [-0.15, -0.1) is 0 Å². The first-order valence-electron chi connectivity index (χ1n) is 5.62. The summed E-state index contributed by atoms with van der Waals surface area (Å²) in [5.41, 5.74) is 4.69. The van der Waals surface area contributed by atoms with Gasteiger partial charge in [0.05, 0.1) is 16.1 Å². The molecule has 2 unspecified atom stereocenters. The molecule has 7 heteroatoms. The molecule has 1 aromatic heterocycles. The van der Waals surface area contributed by atoms with Gasteiger partial charge < -0.3 is 20.9 Å². The van der Waals surface area contributed by atoms with E-state index in [9.17, 15) is 5.11 Å². The van der Waals surface area contributed by atoms with Crippen molar-refractivity contribution >= 4 is 34.8 Å². The normalized spacial score (nSPS) is 27.4. The van der Waals surface area contributed by atoms with E-state index in [1.807, 2.05) is 6.92 Å². The number of nitrogens with two attached hydrogens (primary N) is 1. The average Bonchev–Trinajstić information content (AvgIpc) is 2.63. The molecule has 0 aromatic carbocycles. The van der Waals surface area contributed by atoms with E-state index in [2.05, 4.69) is 10.3 Å². The first kappa shape index (κ1) is 13.7. The number of nitrogen functional groups attached to an aromatic ring is 1. The number of anilines is 2. The summed E-state index contributed by atoms with van der Waals surface area (Å²) in [4.78, 5) is 4.04. The zero-order valence-electron chi connectivity index (χ0n) is 9.91. The molecule has 1 fully saturated rings. The van der Waals surface area contributed by atoms with E-state index in [1.165, 1.54) is 6.07 Å². The molecule has 2 atom stereocenters. The fourth-order valence-corrected chi connectivity index (χ4v) is 2.27. The van der Waals surface area contributed by atoms with Crippen LogP contribution in [0.1, 0.15) is 13.3 Å². The third-order valence-electron chi connectivity index (χ3n) is 3.18. The molecule has 2 heterocycles. The Balaban J connectivity index is 2.09. The summed E-state index contributed by atoms with van der Waals surface area (Å²) in [6, 6.07) is 1.52. The van der Waals surface area contributed by atoms with Crippen molar-refractivity contribution in [2.75, 3.05) is 24.2 Å². The van der Waals surface area contributed by atoms with Gasteiger partial charge in [0.15, 0.2) is 0 Å². The Morgan fingerprint density at radius 3 is 2.94 bits per heavy atom. The van der Waals surface area contributed by atoms with Gasteiger partial charge in [0.25, 0.3) is 0 Å². The second-order valence-electron chi connectivity index (χ2n) is 4.41.